The number of hydrogen-bond donors (Lipinski definition) is 1. The standard InChI is InChI=1S/C10H19NO3/c1-14-10(13)9-5-2-3-6-11(9)7-4-8-12/h9,12H,2-8H2,1H3. The fourth-order valence-corrected chi connectivity index (χ4v) is 1.94. The molecule has 1 atom stereocenters. The zero-order valence-corrected chi connectivity index (χ0v) is 8.74. The second kappa shape index (κ2) is 5.98. The maximum Gasteiger partial charge on any atom is 0.323 e. The first-order valence-electron chi connectivity index (χ1n) is 5.22. The topological polar surface area (TPSA) is 49.8 Å². The second-order valence-corrected chi connectivity index (χ2v) is 3.65. The molecule has 82 valence electrons. The molecule has 4 heteroatoms. The summed E-state index contributed by atoms with van der Waals surface area (Å²) in [4.78, 5) is 13.5. The summed E-state index contributed by atoms with van der Waals surface area (Å²) in [5.74, 6) is -0.136. The molecule has 1 aliphatic heterocycles. The molecule has 1 unspecified atom stereocenters. The van der Waals surface area contributed by atoms with E-state index in [4.69, 9.17) is 9.84 Å². The summed E-state index contributed by atoms with van der Waals surface area (Å²) >= 11 is 0. The van der Waals surface area contributed by atoms with Crippen LogP contribution < -0.4 is 0 Å². The van der Waals surface area contributed by atoms with Crippen LogP contribution in [0.3, 0.4) is 0 Å². The Labute approximate surface area is 84.8 Å². The molecule has 0 aliphatic carbocycles. The van der Waals surface area contributed by atoms with Gasteiger partial charge in [-0.05, 0) is 25.8 Å². The lowest BCUT2D eigenvalue weighted by molar-refractivity contribution is -0.148. The van der Waals surface area contributed by atoms with E-state index in [2.05, 4.69) is 4.90 Å². The monoisotopic (exact) mass is 201 g/mol. The van der Waals surface area contributed by atoms with Crippen molar-refractivity contribution in [3.05, 3.63) is 0 Å². The number of hydrogen-bond acceptors (Lipinski definition) is 4. The Morgan fingerprint density at radius 1 is 1.57 bits per heavy atom. The highest BCUT2D eigenvalue weighted by molar-refractivity contribution is 5.75. The number of aliphatic hydroxyl groups excluding tert-OH is 1. The number of ether oxygens (including phenoxy) is 1. The molecule has 0 saturated carbocycles. The van der Waals surface area contributed by atoms with Crippen LogP contribution in [0, 0.1) is 0 Å². The maximum atomic E-state index is 11.4. The first-order chi connectivity index (χ1) is 6.79. The van der Waals surface area contributed by atoms with Gasteiger partial charge in [-0.2, -0.15) is 0 Å². The minimum Gasteiger partial charge on any atom is -0.468 e. The molecule has 0 amide bonds. The van der Waals surface area contributed by atoms with Crippen molar-refractivity contribution in [2.45, 2.75) is 31.7 Å². The summed E-state index contributed by atoms with van der Waals surface area (Å²) in [5, 5.41) is 8.74. The Balaban J connectivity index is 2.45. The van der Waals surface area contributed by atoms with Crippen LogP contribution in [0.15, 0.2) is 0 Å². The molecule has 0 aromatic heterocycles. The molecule has 0 bridgehead atoms. The minimum atomic E-state index is -0.136. The van der Waals surface area contributed by atoms with Gasteiger partial charge in [0.25, 0.3) is 0 Å². The zero-order valence-electron chi connectivity index (χ0n) is 8.74. The molecule has 1 fully saturated rings. The number of rotatable bonds is 4. The Morgan fingerprint density at radius 2 is 2.36 bits per heavy atom. The summed E-state index contributed by atoms with van der Waals surface area (Å²) in [5.41, 5.74) is 0. The van der Waals surface area contributed by atoms with Gasteiger partial charge in [0.2, 0.25) is 0 Å². The molecule has 0 aromatic rings. The fourth-order valence-electron chi connectivity index (χ4n) is 1.94. The molecule has 1 saturated heterocycles. The van der Waals surface area contributed by atoms with E-state index in [0.717, 1.165) is 38.8 Å². The van der Waals surface area contributed by atoms with Crippen molar-refractivity contribution in [2.24, 2.45) is 0 Å². The molecular formula is C10H19NO3. The van der Waals surface area contributed by atoms with Gasteiger partial charge in [-0.3, -0.25) is 9.69 Å². The Hall–Kier alpha value is -0.610. The molecule has 0 radical (unpaired) electrons. The third kappa shape index (κ3) is 2.96. The third-order valence-electron chi connectivity index (χ3n) is 2.69. The first-order valence-corrected chi connectivity index (χ1v) is 5.22. The molecule has 14 heavy (non-hydrogen) atoms. The van der Waals surface area contributed by atoms with E-state index in [1.54, 1.807) is 0 Å². The van der Waals surface area contributed by atoms with Crippen LogP contribution in [0.4, 0.5) is 0 Å². The van der Waals surface area contributed by atoms with Gasteiger partial charge in [-0.15, -0.1) is 0 Å². The Kier molecular flexibility index (Phi) is 4.90. The van der Waals surface area contributed by atoms with E-state index in [9.17, 15) is 4.79 Å². The van der Waals surface area contributed by atoms with E-state index in [1.807, 2.05) is 0 Å². The number of piperidine rings is 1. The number of carbonyl (C=O) groups is 1. The second-order valence-electron chi connectivity index (χ2n) is 3.65. The van der Waals surface area contributed by atoms with E-state index in [-0.39, 0.29) is 18.6 Å². The summed E-state index contributed by atoms with van der Waals surface area (Å²) in [6, 6.07) is -0.0831. The van der Waals surface area contributed by atoms with Crippen LogP contribution in [0.1, 0.15) is 25.7 Å². The van der Waals surface area contributed by atoms with Crippen LogP contribution >= 0.6 is 0 Å². The van der Waals surface area contributed by atoms with Gasteiger partial charge in [0.1, 0.15) is 6.04 Å². The molecule has 1 heterocycles. The quantitative estimate of drug-likeness (QED) is 0.669. The summed E-state index contributed by atoms with van der Waals surface area (Å²) in [6.07, 6.45) is 3.85. The van der Waals surface area contributed by atoms with Crippen molar-refractivity contribution in [3.8, 4) is 0 Å². The summed E-state index contributed by atoms with van der Waals surface area (Å²) < 4.78 is 4.76. The third-order valence-corrected chi connectivity index (χ3v) is 2.69. The van der Waals surface area contributed by atoms with Gasteiger partial charge >= 0.3 is 5.97 Å². The van der Waals surface area contributed by atoms with Crippen molar-refractivity contribution in [1.29, 1.82) is 0 Å². The van der Waals surface area contributed by atoms with Crippen molar-refractivity contribution >= 4 is 5.97 Å². The maximum absolute atomic E-state index is 11.4. The van der Waals surface area contributed by atoms with E-state index in [1.165, 1.54) is 7.11 Å². The lowest BCUT2D eigenvalue weighted by atomic mass is 10.0. The summed E-state index contributed by atoms with van der Waals surface area (Å²) in [7, 11) is 1.43. The van der Waals surface area contributed by atoms with Gasteiger partial charge in [0, 0.05) is 13.2 Å². The molecule has 4 nitrogen and oxygen atoms in total. The van der Waals surface area contributed by atoms with E-state index < -0.39 is 0 Å². The molecule has 0 aromatic carbocycles. The summed E-state index contributed by atoms with van der Waals surface area (Å²) in [6.45, 7) is 1.92. The minimum absolute atomic E-state index is 0.0831. The lowest BCUT2D eigenvalue weighted by Gasteiger charge is -2.33. The predicted octanol–water partition coefficient (Wildman–Crippen LogP) is 0.396. The van der Waals surface area contributed by atoms with Crippen molar-refractivity contribution in [2.75, 3.05) is 26.8 Å². The van der Waals surface area contributed by atoms with Crippen LogP contribution in [0.2, 0.25) is 0 Å². The molecule has 1 N–H and O–H groups in total. The average Bonchev–Trinajstić information content (AvgIpc) is 2.25. The van der Waals surface area contributed by atoms with E-state index >= 15 is 0 Å². The first kappa shape index (κ1) is 11.5. The molecule has 0 spiro atoms. The lowest BCUT2D eigenvalue weighted by Crippen LogP contribution is -2.45. The normalized spacial score (nSPS) is 23.4. The largest absolute Gasteiger partial charge is 0.468 e. The van der Waals surface area contributed by atoms with Crippen LogP contribution in [0.25, 0.3) is 0 Å². The molecular weight excluding hydrogens is 182 g/mol. The predicted molar refractivity (Wildman–Crippen MR) is 52.9 cm³/mol. The van der Waals surface area contributed by atoms with Gasteiger partial charge in [-0.25, -0.2) is 0 Å². The number of likely N-dealkylation sites (tertiary alicyclic amines) is 1. The molecule has 1 aliphatic rings. The zero-order chi connectivity index (χ0) is 10.4. The number of esters is 1. The van der Waals surface area contributed by atoms with Crippen molar-refractivity contribution in [1.82, 2.24) is 4.90 Å². The van der Waals surface area contributed by atoms with Gasteiger partial charge < -0.3 is 9.84 Å². The van der Waals surface area contributed by atoms with Crippen LogP contribution in [-0.2, 0) is 9.53 Å². The average molecular weight is 201 g/mol. The van der Waals surface area contributed by atoms with Gasteiger partial charge in [-0.1, -0.05) is 6.42 Å². The van der Waals surface area contributed by atoms with Gasteiger partial charge in [0.05, 0.1) is 7.11 Å². The van der Waals surface area contributed by atoms with Crippen molar-refractivity contribution in [3.63, 3.8) is 0 Å². The highest BCUT2D eigenvalue weighted by Crippen LogP contribution is 2.17. The number of carbonyl (C=O) groups excluding carboxylic acids is 1. The number of aliphatic hydroxyl groups is 1. The van der Waals surface area contributed by atoms with Crippen LogP contribution in [-0.4, -0.2) is 48.8 Å². The highest BCUT2D eigenvalue weighted by Gasteiger charge is 2.28. The van der Waals surface area contributed by atoms with Gasteiger partial charge in [0.15, 0.2) is 0 Å². The Bertz CT molecular complexity index is 184. The van der Waals surface area contributed by atoms with E-state index in [0.29, 0.717) is 0 Å². The smallest absolute Gasteiger partial charge is 0.323 e. The SMILES string of the molecule is COC(=O)C1CCCCN1CCCO. The number of nitrogens with zero attached hydrogens (tertiary/aromatic N) is 1. The number of methoxy groups -OCH3 is 1. The highest BCUT2D eigenvalue weighted by atomic mass is 16.5. The molecule has 1 rings (SSSR count). The van der Waals surface area contributed by atoms with Crippen LogP contribution in [0.5, 0.6) is 0 Å². The fraction of sp³-hybridized carbons (Fsp3) is 0.900. The van der Waals surface area contributed by atoms with Crippen molar-refractivity contribution < 1.29 is 14.6 Å². The Morgan fingerprint density at radius 3 is 3.00 bits per heavy atom.